The van der Waals surface area contributed by atoms with Crippen LogP contribution in [0.1, 0.15) is 36.8 Å². The number of piperazine rings is 2. The number of nitrogens with one attached hydrogen (secondary N) is 2. The van der Waals surface area contributed by atoms with Crippen molar-refractivity contribution >= 4 is 35.0 Å². The van der Waals surface area contributed by atoms with E-state index in [-0.39, 0.29) is 75.9 Å². The van der Waals surface area contributed by atoms with Gasteiger partial charge in [-0.05, 0) is 72.5 Å². The van der Waals surface area contributed by atoms with Crippen LogP contribution in [0.25, 0.3) is 0 Å². The standard InChI is InChI=1S/C58H82N8O12/c1-61(57(69)17-11-33-77-51-21-19-45(39-53(51)73-5)41-63-25-29-65(30-26-63)47-13-7-9-15-49(47)71-3)43-55(67)59-23-35-75-37-38-76-36-24-60-56(68)44-62(2)58(70)18-12-34-78-52-22-20-46(40-54(52)74-6)42-64-27-31-66(32-28-64)48-14-8-10-16-50(48)72-4/h7-10,13-16,19-22,39-40H,11-12,17-18,23-38,41-44H2,1-6H3,(H,59,67)(H,60,68). The Hall–Kier alpha value is -7.00. The lowest BCUT2D eigenvalue weighted by Crippen LogP contribution is -2.46. The monoisotopic (exact) mass is 1080 g/mol. The zero-order valence-corrected chi connectivity index (χ0v) is 46.6. The van der Waals surface area contributed by atoms with Gasteiger partial charge in [-0.2, -0.15) is 0 Å². The Kier molecular flexibility index (Phi) is 25.2. The fourth-order valence-electron chi connectivity index (χ4n) is 9.21. The number of carbonyl (C=O) groups is 4. The van der Waals surface area contributed by atoms with Crippen molar-refractivity contribution in [2.75, 3.05) is 171 Å². The molecule has 426 valence electrons. The lowest BCUT2D eigenvalue weighted by molar-refractivity contribution is -0.135. The number of hydrogen-bond donors (Lipinski definition) is 2. The van der Waals surface area contributed by atoms with Crippen LogP contribution in [-0.2, 0) is 41.7 Å². The molecule has 0 unspecified atom stereocenters. The van der Waals surface area contributed by atoms with Crippen LogP contribution in [0.2, 0.25) is 0 Å². The zero-order chi connectivity index (χ0) is 55.5. The third-order valence-corrected chi connectivity index (χ3v) is 13.6. The minimum absolute atomic E-state index is 0.0720. The molecule has 4 aromatic carbocycles. The normalized spacial score (nSPS) is 13.8. The molecule has 0 aliphatic carbocycles. The van der Waals surface area contributed by atoms with E-state index >= 15 is 0 Å². The van der Waals surface area contributed by atoms with Crippen LogP contribution in [-0.4, -0.2) is 204 Å². The summed E-state index contributed by atoms with van der Waals surface area (Å²) < 4.78 is 45.5. The van der Waals surface area contributed by atoms with E-state index in [2.05, 4.69) is 42.4 Å². The van der Waals surface area contributed by atoms with Crippen LogP contribution in [0.3, 0.4) is 0 Å². The summed E-state index contributed by atoms with van der Waals surface area (Å²) in [5, 5.41) is 5.53. The molecular formula is C58H82N8O12. The van der Waals surface area contributed by atoms with Gasteiger partial charge in [-0.3, -0.25) is 29.0 Å². The highest BCUT2D eigenvalue weighted by molar-refractivity contribution is 5.85. The molecule has 20 heteroatoms. The summed E-state index contributed by atoms with van der Waals surface area (Å²) in [5.41, 5.74) is 4.50. The topological polar surface area (TPSA) is 186 Å². The third-order valence-electron chi connectivity index (χ3n) is 13.6. The van der Waals surface area contributed by atoms with Gasteiger partial charge in [-0.25, -0.2) is 0 Å². The number of nitrogens with zero attached hydrogens (tertiary/aromatic N) is 6. The van der Waals surface area contributed by atoms with Crippen molar-refractivity contribution in [1.82, 2.24) is 30.2 Å². The highest BCUT2D eigenvalue weighted by Gasteiger charge is 2.23. The third kappa shape index (κ3) is 19.5. The first-order valence-electron chi connectivity index (χ1n) is 26.9. The Morgan fingerprint density at radius 2 is 0.846 bits per heavy atom. The van der Waals surface area contributed by atoms with Gasteiger partial charge in [0.15, 0.2) is 23.0 Å². The van der Waals surface area contributed by atoms with E-state index in [1.54, 1.807) is 42.5 Å². The van der Waals surface area contributed by atoms with Gasteiger partial charge in [0, 0.05) is 105 Å². The number of ether oxygens (including phenoxy) is 8. The van der Waals surface area contributed by atoms with Gasteiger partial charge >= 0.3 is 0 Å². The van der Waals surface area contributed by atoms with Gasteiger partial charge in [-0.1, -0.05) is 36.4 Å². The number of carbonyl (C=O) groups excluding carboxylic acids is 4. The Bertz CT molecular complexity index is 2320. The van der Waals surface area contributed by atoms with Crippen molar-refractivity contribution in [3.05, 3.63) is 96.1 Å². The molecule has 2 N–H and O–H groups in total. The first-order valence-corrected chi connectivity index (χ1v) is 26.9. The van der Waals surface area contributed by atoms with Gasteiger partial charge in [-0.15, -0.1) is 0 Å². The number of hydrogen-bond acceptors (Lipinski definition) is 16. The summed E-state index contributed by atoms with van der Waals surface area (Å²) in [6.45, 7) is 11.1. The maximum Gasteiger partial charge on any atom is 0.239 e. The first kappa shape index (κ1) is 60.2. The number of methoxy groups -OCH3 is 4. The molecule has 0 radical (unpaired) electrons. The van der Waals surface area contributed by atoms with E-state index in [4.69, 9.17) is 37.9 Å². The predicted molar refractivity (Wildman–Crippen MR) is 299 cm³/mol. The second-order valence-electron chi connectivity index (χ2n) is 19.2. The number of para-hydroxylation sites is 4. The fraction of sp³-hybridized carbons (Fsp3) is 0.517. The molecule has 0 saturated carbocycles. The Morgan fingerprint density at radius 3 is 1.23 bits per heavy atom. The van der Waals surface area contributed by atoms with Crippen molar-refractivity contribution in [2.24, 2.45) is 0 Å². The van der Waals surface area contributed by atoms with E-state index in [0.717, 1.165) is 99.4 Å². The minimum Gasteiger partial charge on any atom is -0.495 e. The molecule has 2 saturated heterocycles. The average Bonchev–Trinajstić information content (AvgIpc) is 3.46. The van der Waals surface area contributed by atoms with Crippen LogP contribution in [0.15, 0.2) is 84.9 Å². The Balaban J connectivity index is 0.726. The van der Waals surface area contributed by atoms with E-state index < -0.39 is 0 Å². The number of anilines is 2. The first-order chi connectivity index (χ1) is 38.0. The van der Waals surface area contributed by atoms with Crippen LogP contribution in [0, 0.1) is 0 Å². The van der Waals surface area contributed by atoms with Crippen LogP contribution in [0.5, 0.6) is 34.5 Å². The van der Waals surface area contributed by atoms with Gasteiger partial charge in [0.25, 0.3) is 0 Å². The number of benzene rings is 4. The molecule has 2 heterocycles. The van der Waals surface area contributed by atoms with Crippen molar-refractivity contribution in [3.8, 4) is 34.5 Å². The predicted octanol–water partition coefficient (Wildman–Crippen LogP) is 4.57. The number of rotatable bonds is 33. The molecule has 20 nitrogen and oxygen atoms in total. The average molecular weight is 1080 g/mol. The number of amides is 4. The molecule has 0 bridgehead atoms. The van der Waals surface area contributed by atoms with Crippen LogP contribution in [0.4, 0.5) is 11.4 Å². The molecule has 4 amide bonds. The summed E-state index contributed by atoms with van der Waals surface area (Å²) in [4.78, 5) is 62.8. The molecule has 0 spiro atoms. The van der Waals surface area contributed by atoms with E-state index in [9.17, 15) is 19.2 Å². The van der Waals surface area contributed by atoms with Gasteiger partial charge in [0.2, 0.25) is 23.6 Å². The molecule has 78 heavy (non-hydrogen) atoms. The second kappa shape index (κ2) is 32.7. The molecule has 0 aromatic heterocycles. The van der Waals surface area contributed by atoms with Gasteiger partial charge < -0.3 is 68.1 Å². The molecule has 2 aliphatic rings. The van der Waals surface area contributed by atoms with Gasteiger partial charge in [0.1, 0.15) is 11.5 Å². The maximum atomic E-state index is 12.8. The minimum atomic E-state index is -0.289. The van der Waals surface area contributed by atoms with Gasteiger partial charge in [0.05, 0.1) is 92.5 Å². The largest absolute Gasteiger partial charge is 0.495 e. The summed E-state index contributed by atoms with van der Waals surface area (Å²) in [7, 11) is 9.85. The maximum absolute atomic E-state index is 12.8. The summed E-state index contributed by atoms with van der Waals surface area (Å²) in [6, 6.07) is 28.2. The SMILES string of the molecule is COc1cc(CN2CCN(c3ccccc3OC)CC2)ccc1OCCCC(=O)N(C)CC(=O)NCCOCCOCCNC(=O)CN(C)C(=O)CCCOc1ccc(CN2CCN(c3ccccc3OC)CC2)cc1OC. The molecule has 6 rings (SSSR count). The summed E-state index contributed by atoms with van der Waals surface area (Å²) in [6.07, 6.45) is 1.41. The number of likely N-dealkylation sites (N-methyl/N-ethyl adjacent to an activating group) is 2. The van der Waals surface area contributed by atoms with Crippen LogP contribution >= 0.6 is 0 Å². The zero-order valence-electron chi connectivity index (χ0n) is 46.6. The molecule has 4 aromatic rings. The van der Waals surface area contributed by atoms with Crippen molar-refractivity contribution in [2.45, 2.75) is 38.8 Å². The van der Waals surface area contributed by atoms with E-state index in [1.165, 1.54) is 9.80 Å². The lowest BCUT2D eigenvalue weighted by atomic mass is 10.1. The second-order valence-corrected chi connectivity index (χ2v) is 19.2. The van der Waals surface area contributed by atoms with E-state index in [1.807, 2.05) is 72.8 Å². The molecule has 0 atom stereocenters. The highest BCUT2D eigenvalue weighted by Crippen LogP contribution is 2.33. The van der Waals surface area contributed by atoms with E-state index in [0.29, 0.717) is 62.3 Å². The molecule has 2 fully saturated rings. The highest BCUT2D eigenvalue weighted by atomic mass is 16.5. The molecular weight excluding hydrogens is 1000 g/mol. The smallest absolute Gasteiger partial charge is 0.239 e. The summed E-state index contributed by atoms with van der Waals surface area (Å²) >= 11 is 0. The summed E-state index contributed by atoms with van der Waals surface area (Å²) in [5.74, 6) is 3.41. The van der Waals surface area contributed by atoms with Crippen molar-refractivity contribution < 1.29 is 57.1 Å². The van der Waals surface area contributed by atoms with Crippen LogP contribution < -0.4 is 48.9 Å². The molecule has 2 aliphatic heterocycles. The van der Waals surface area contributed by atoms with Crippen molar-refractivity contribution in [1.29, 1.82) is 0 Å². The van der Waals surface area contributed by atoms with Crippen molar-refractivity contribution in [3.63, 3.8) is 0 Å². The Labute approximate surface area is 460 Å². The quantitative estimate of drug-likeness (QED) is 0.0632. The lowest BCUT2D eigenvalue weighted by Gasteiger charge is -2.36. The fourth-order valence-corrected chi connectivity index (χ4v) is 9.21. The Morgan fingerprint density at radius 1 is 0.462 bits per heavy atom.